The number of pyridine rings is 2. The minimum atomic E-state index is -0.703. The van der Waals surface area contributed by atoms with Crippen LogP contribution in [-0.2, 0) is 0 Å². The molecule has 2 aromatic rings. The van der Waals surface area contributed by atoms with Crippen molar-refractivity contribution >= 4 is 0 Å². The molecule has 0 unspecified atom stereocenters. The summed E-state index contributed by atoms with van der Waals surface area (Å²) in [5.74, 6) is 0.854. The monoisotopic (exact) mass is 200 g/mol. The smallest absolute Gasteiger partial charge is 0.227 e. The number of aromatic nitrogens is 2. The van der Waals surface area contributed by atoms with Gasteiger partial charge in [0.25, 0.3) is 0 Å². The molecule has 1 aliphatic rings. The zero-order valence-corrected chi connectivity index (χ0v) is 7.79. The van der Waals surface area contributed by atoms with Crippen molar-refractivity contribution in [3.8, 4) is 11.8 Å². The van der Waals surface area contributed by atoms with Crippen LogP contribution in [0.25, 0.3) is 0 Å². The predicted octanol–water partition coefficient (Wildman–Crippen LogP) is 1.66. The Bertz CT molecular complexity index is 468. The van der Waals surface area contributed by atoms with Crippen molar-refractivity contribution in [2.45, 2.75) is 6.10 Å². The van der Waals surface area contributed by atoms with Crippen molar-refractivity contribution in [3.05, 3.63) is 47.8 Å². The topological polar surface area (TPSA) is 55.2 Å². The first kappa shape index (κ1) is 8.38. The number of hydrogen-bond acceptors (Lipinski definition) is 4. The zero-order chi connectivity index (χ0) is 10.3. The summed E-state index contributed by atoms with van der Waals surface area (Å²) in [6.45, 7) is 0. The fourth-order valence-corrected chi connectivity index (χ4v) is 1.65. The number of nitrogens with zero attached hydrogens (tertiary/aromatic N) is 2. The molecule has 4 nitrogen and oxygen atoms in total. The highest BCUT2D eigenvalue weighted by atomic mass is 16.5. The van der Waals surface area contributed by atoms with Crippen molar-refractivity contribution in [1.82, 2.24) is 9.97 Å². The molecule has 74 valence electrons. The normalized spacial score (nSPS) is 13.9. The molecule has 0 saturated heterocycles. The summed E-state index contributed by atoms with van der Waals surface area (Å²) in [7, 11) is 0. The van der Waals surface area contributed by atoms with E-state index in [0.29, 0.717) is 22.9 Å². The molecule has 0 aromatic carbocycles. The van der Waals surface area contributed by atoms with E-state index in [1.165, 1.54) is 0 Å². The van der Waals surface area contributed by atoms with Crippen molar-refractivity contribution in [3.63, 3.8) is 0 Å². The third-order valence-electron chi connectivity index (χ3n) is 2.38. The van der Waals surface area contributed by atoms with Crippen LogP contribution in [0.4, 0.5) is 0 Å². The third kappa shape index (κ3) is 1.19. The van der Waals surface area contributed by atoms with Crippen molar-refractivity contribution in [2.24, 2.45) is 0 Å². The summed E-state index contributed by atoms with van der Waals surface area (Å²) >= 11 is 0. The van der Waals surface area contributed by atoms with Gasteiger partial charge in [-0.15, -0.1) is 0 Å². The first-order chi connectivity index (χ1) is 7.36. The maximum atomic E-state index is 10.1. The predicted molar refractivity (Wildman–Crippen MR) is 52.6 cm³/mol. The Labute approximate surface area is 86.2 Å². The standard InChI is InChI=1S/C11H8N2O2/c14-9-7-3-1-5-12-10(7)15-11-8(9)4-2-6-13-11/h1-6,9,14H. The van der Waals surface area contributed by atoms with Crippen LogP contribution in [0.15, 0.2) is 36.7 Å². The molecule has 1 aliphatic heterocycles. The molecule has 15 heavy (non-hydrogen) atoms. The average Bonchev–Trinajstić information content (AvgIpc) is 2.30. The Morgan fingerprint density at radius 3 is 2.07 bits per heavy atom. The number of aliphatic hydroxyl groups excluding tert-OH is 1. The van der Waals surface area contributed by atoms with Gasteiger partial charge in [0.2, 0.25) is 11.8 Å². The minimum absolute atomic E-state index is 0.427. The molecule has 3 heterocycles. The highest BCUT2D eigenvalue weighted by Crippen LogP contribution is 2.39. The van der Waals surface area contributed by atoms with Crippen LogP contribution in [0.2, 0.25) is 0 Å². The summed E-state index contributed by atoms with van der Waals surface area (Å²) in [5.41, 5.74) is 1.36. The molecule has 0 bridgehead atoms. The van der Waals surface area contributed by atoms with Crippen LogP contribution in [0, 0.1) is 0 Å². The Hall–Kier alpha value is -1.94. The second-order valence-corrected chi connectivity index (χ2v) is 3.30. The van der Waals surface area contributed by atoms with Crippen LogP contribution in [0.1, 0.15) is 17.2 Å². The SMILES string of the molecule is OC1c2cccnc2Oc2ncccc21. The first-order valence-corrected chi connectivity index (χ1v) is 4.62. The largest absolute Gasteiger partial charge is 0.420 e. The maximum absolute atomic E-state index is 10.1. The molecule has 0 spiro atoms. The number of hydrogen-bond donors (Lipinski definition) is 1. The number of aliphatic hydroxyl groups is 1. The molecular weight excluding hydrogens is 192 g/mol. The van der Waals surface area contributed by atoms with Gasteiger partial charge in [-0.2, -0.15) is 0 Å². The Kier molecular flexibility index (Phi) is 1.69. The fourth-order valence-electron chi connectivity index (χ4n) is 1.65. The van der Waals surface area contributed by atoms with Crippen LogP contribution >= 0.6 is 0 Å². The summed E-state index contributed by atoms with van der Waals surface area (Å²) < 4.78 is 5.47. The van der Waals surface area contributed by atoms with Gasteiger partial charge >= 0.3 is 0 Å². The van der Waals surface area contributed by atoms with E-state index in [-0.39, 0.29) is 0 Å². The molecule has 4 heteroatoms. The van der Waals surface area contributed by atoms with Gasteiger partial charge in [0.1, 0.15) is 6.10 Å². The van der Waals surface area contributed by atoms with Crippen LogP contribution in [-0.4, -0.2) is 15.1 Å². The van der Waals surface area contributed by atoms with E-state index in [0.717, 1.165) is 0 Å². The van der Waals surface area contributed by atoms with E-state index in [1.807, 2.05) is 0 Å². The van der Waals surface area contributed by atoms with Crippen LogP contribution in [0.5, 0.6) is 11.8 Å². The second kappa shape index (κ2) is 3.03. The Morgan fingerprint density at radius 2 is 1.53 bits per heavy atom. The molecule has 3 rings (SSSR count). The van der Waals surface area contributed by atoms with Crippen molar-refractivity contribution in [2.75, 3.05) is 0 Å². The summed E-state index contributed by atoms with van der Waals surface area (Å²) in [6, 6.07) is 7.13. The molecule has 0 saturated carbocycles. The third-order valence-corrected chi connectivity index (χ3v) is 2.38. The molecule has 0 aliphatic carbocycles. The van der Waals surface area contributed by atoms with E-state index in [1.54, 1.807) is 36.7 Å². The van der Waals surface area contributed by atoms with E-state index in [2.05, 4.69) is 9.97 Å². The Morgan fingerprint density at radius 1 is 1.00 bits per heavy atom. The maximum Gasteiger partial charge on any atom is 0.227 e. The lowest BCUT2D eigenvalue weighted by Crippen LogP contribution is -2.11. The minimum Gasteiger partial charge on any atom is -0.420 e. The van der Waals surface area contributed by atoms with E-state index in [4.69, 9.17) is 4.74 Å². The van der Waals surface area contributed by atoms with Crippen molar-refractivity contribution in [1.29, 1.82) is 0 Å². The summed E-state index contributed by atoms with van der Waals surface area (Å²) in [5, 5.41) is 10.1. The Balaban J connectivity index is 2.20. The highest BCUT2D eigenvalue weighted by Gasteiger charge is 2.26. The number of ether oxygens (including phenoxy) is 1. The molecule has 0 amide bonds. The van der Waals surface area contributed by atoms with Crippen LogP contribution < -0.4 is 4.74 Å². The quantitative estimate of drug-likeness (QED) is 0.702. The average molecular weight is 200 g/mol. The molecule has 0 atom stereocenters. The second-order valence-electron chi connectivity index (χ2n) is 3.30. The molecule has 0 fully saturated rings. The van der Waals surface area contributed by atoms with E-state index >= 15 is 0 Å². The van der Waals surface area contributed by atoms with E-state index < -0.39 is 6.10 Å². The van der Waals surface area contributed by atoms with Crippen LogP contribution in [0.3, 0.4) is 0 Å². The van der Waals surface area contributed by atoms with Gasteiger partial charge in [-0.05, 0) is 24.3 Å². The molecule has 0 radical (unpaired) electrons. The van der Waals surface area contributed by atoms with E-state index in [9.17, 15) is 5.11 Å². The molecular formula is C11H8N2O2. The number of rotatable bonds is 0. The first-order valence-electron chi connectivity index (χ1n) is 4.62. The van der Waals surface area contributed by atoms with Gasteiger partial charge < -0.3 is 9.84 Å². The van der Waals surface area contributed by atoms with Gasteiger partial charge in [0, 0.05) is 23.5 Å². The molecule has 2 aromatic heterocycles. The van der Waals surface area contributed by atoms with Crippen molar-refractivity contribution < 1.29 is 9.84 Å². The lowest BCUT2D eigenvalue weighted by molar-refractivity contribution is 0.198. The number of fused-ring (bicyclic) bond motifs is 2. The van der Waals surface area contributed by atoms with Gasteiger partial charge in [0.05, 0.1) is 0 Å². The lowest BCUT2D eigenvalue weighted by atomic mass is 10.0. The highest BCUT2D eigenvalue weighted by molar-refractivity contribution is 5.45. The zero-order valence-electron chi connectivity index (χ0n) is 7.79. The van der Waals surface area contributed by atoms with Gasteiger partial charge in [0.15, 0.2) is 0 Å². The summed E-state index contributed by atoms with van der Waals surface area (Å²) in [4.78, 5) is 8.09. The van der Waals surface area contributed by atoms with Gasteiger partial charge in [-0.3, -0.25) is 0 Å². The molecule has 1 N–H and O–H groups in total. The van der Waals surface area contributed by atoms with Gasteiger partial charge in [-0.25, -0.2) is 9.97 Å². The van der Waals surface area contributed by atoms with Gasteiger partial charge in [-0.1, -0.05) is 0 Å². The lowest BCUT2D eigenvalue weighted by Gasteiger charge is -2.21. The summed E-state index contributed by atoms with van der Waals surface area (Å²) in [6.07, 6.45) is 2.55. The fraction of sp³-hybridized carbons (Fsp3) is 0.0909.